The number of benzene rings is 1. The van der Waals surface area contributed by atoms with E-state index < -0.39 is 0 Å². The number of rotatable bonds is 6. The van der Waals surface area contributed by atoms with Gasteiger partial charge in [-0.25, -0.2) is 9.78 Å². The molecule has 0 radical (unpaired) electrons. The lowest BCUT2D eigenvalue weighted by molar-refractivity contribution is 0.165. The average Bonchev–Trinajstić information content (AvgIpc) is 2.94. The molecule has 1 aromatic carbocycles. The molecular weight excluding hydrogens is 282 g/mol. The third-order valence-electron chi connectivity index (χ3n) is 3.19. The van der Waals surface area contributed by atoms with Crippen LogP contribution in [0.5, 0.6) is 0 Å². The molecule has 22 heavy (non-hydrogen) atoms. The van der Waals surface area contributed by atoms with E-state index in [9.17, 15) is 4.79 Å². The van der Waals surface area contributed by atoms with Gasteiger partial charge in [-0.3, -0.25) is 5.10 Å². The summed E-state index contributed by atoms with van der Waals surface area (Å²) in [6.07, 6.45) is 0.810. The number of urea groups is 1. The summed E-state index contributed by atoms with van der Waals surface area (Å²) in [6, 6.07) is 7.12. The lowest BCUT2D eigenvalue weighted by Gasteiger charge is -2.16. The SMILES string of the molecule is CCC(COC)NC(=O)Nc1ccc(-c2n[nH]c(C)n2)cc1. The normalized spacial score (nSPS) is 12.0. The summed E-state index contributed by atoms with van der Waals surface area (Å²) in [7, 11) is 1.62. The summed E-state index contributed by atoms with van der Waals surface area (Å²) in [5.41, 5.74) is 1.60. The summed E-state index contributed by atoms with van der Waals surface area (Å²) < 4.78 is 5.05. The molecule has 1 aromatic heterocycles. The van der Waals surface area contributed by atoms with Crippen LogP contribution in [0.3, 0.4) is 0 Å². The maximum Gasteiger partial charge on any atom is 0.319 e. The van der Waals surface area contributed by atoms with Gasteiger partial charge in [0.15, 0.2) is 5.82 Å². The van der Waals surface area contributed by atoms with E-state index in [2.05, 4.69) is 25.8 Å². The first kappa shape index (κ1) is 16.0. The van der Waals surface area contributed by atoms with Crippen LogP contribution in [-0.4, -0.2) is 41.0 Å². The predicted octanol–water partition coefficient (Wildman–Crippen LogP) is 2.33. The second-order valence-corrected chi connectivity index (χ2v) is 4.98. The second kappa shape index (κ2) is 7.56. The Morgan fingerprint density at radius 2 is 2.09 bits per heavy atom. The average molecular weight is 303 g/mol. The van der Waals surface area contributed by atoms with Crippen LogP contribution in [0.2, 0.25) is 0 Å². The van der Waals surface area contributed by atoms with Crippen LogP contribution < -0.4 is 10.6 Å². The largest absolute Gasteiger partial charge is 0.383 e. The van der Waals surface area contributed by atoms with Crippen LogP contribution in [0.4, 0.5) is 10.5 Å². The Kier molecular flexibility index (Phi) is 5.48. The van der Waals surface area contributed by atoms with Crippen molar-refractivity contribution >= 4 is 11.7 Å². The Balaban J connectivity index is 1.94. The number of nitrogens with zero attached hydrogens (tertiary/aromatic N) is 2. The first-order valence-corrected chi connectivity index (χ1v) is 7.18. The molecule has 0 saturated heterocycles. The van der Waals surface area contributed by atoms with Crippen molar-refractivity contribution < 1.29 is 9.53 Å². The number of hydrogen-bond donors (Lipinski definition) is 3. The molecule has 7 nitrogen and oxygen atoms in total. The lowest BCUT2D eigenvalue weighted by Crippen LogP contribution is -2.40. The monoisotopic (exact) mass is 303 g/mol. The van der Waals surface area contributed by atoms with Gasteiger partial charge in [-0.15, -0.1) is 0 Å². The topological polar surface area (TPSA) is 91.9 Å². The number of aromatic amines is 1. The highest BCUT2D eigenvalue weighted by atomic mass is 16.5. The number of aryl methyl sites for hydroxylation is 1. The van der Waals surface area contributed by atoms with Crippen LogP contribution in [-0.2, 0) is 4.74 Å². The number of carbonyl (C=O) groups is 1. The molecule has 0 aliphatic rings. The van der Waals surface area contributed by atoms with Gasteiger partial charge in [0.1, 0.15) is 5.82 Å². The highest BCUT2D eigenvalue weighted by Gasteiger charge is 2.10. The number of carbonyl (C=O) groups excluding carboxylic acids is 1. The van der Waals surface area contributed by atoms with Crippen molar-refractivity contribution in [3.05, 3.63) is 30.1 Å². The van der Waals surface area contributed by atoms with Gasteiger partial charge in [0, 0.05) is 18.4 Å². The zero-order valence-electron chi connectivity index (χ0n) is 13.0. The summed E-state index contributed by atoms with van der Waals surface area (Å²) in [4.78, 5) is 16.2. The molecule has 0 spiro atoms. The first-order chi connectivity index (χ1) is 10.6. The minimum absolute atomic E-state index is 0.000467. The van der Waals surface area contributed by atoms with E-state index in [1.54, 1.807) is 7.11 Å². The standard InChI is InChI=1S/C15H21N5O2/c1-4-12(9-22-3)17-15(21)18-13-7-5-11(6-8-13)14-16-10(2)19-20-14/h5-8,12H,4,9H2,1-3H3,(H,16,19,20)(H2,17,18,21). The molecule has 1 unspecified atom stereocenters. The number of methoxy groups -OCH3 is 1. The Morgan fingerprint density at radius 3 is 2.64 bits per heavy atom. The number of hydrogen-bond acceptors (Lipinski definition) is 4. The van der Waals surface area contributed by atoms with Gasteiger partial charge in [0.25, 0.3) is 0 Å². The van der Waals surface area contributed by atoms with Gasteiger partial charge >= 0.3 is 6.03 Å². The molecule has 0 fully saturated rings. The van der Waals surface area contributed by atoms with Gasteiger partial charge in [-0.1, -0.05) is 6.92 Å². The number of aromatic nitrogens is 3. The molecule has 1 heterocycles. The zero-order valence-corrected chi connectivity index (χ0v) is 13.0. The number of anilines is 1. The van der Waals surface area contributed by atoms with Crippen molar-refractivity contribution in [1.29, 1.82) is 0 Å². The van der Waals surface area contributed by atoms with Crippen LogP contribution in [0.25, 0.3) is 11.4 Å². The molecule has 0 bridgehead atoms. The third-order valence-corrected chi connectivity index (χ3v) is 3.19. The van der Waals surface area contributed by atoms with E-state index in [0.29, 0.717) is 18.1 Å². The highest BCUT2D eigenvalue weighted by Crippen LogP contribution is 2.17. The van der Waals surface area contributed by atoms with Gasteiger partial charge in [0.2, 0.25) is 0 Å². The molecule has 2 amide bonds. The van der Waals surface area contributed by atoms with E-state index in [1.807, 2.05) is 38.1 Å². The molecule has 2 rings (SSSR count). The fourth-order valence-electron chi connectivity index (χ4n) is 1.99. The third kappa shape index (κ3) is 4.29. The number of amides is 2. The fraction of sp³-hybridized carbons (Fsp3) is 0.400. The van der Waals surface area contributed by atoms with Gasteiger partial charge in [0.05, 0.1) is 12.6 Å². The molecule has 0 saturated carbocycles. The van der Waals surface area contributed by atoms with E-state index in [-0.39, 0.29) is 12.1 Å². The van der Waals surface area contributed by atoms with Crippen LogP contribution in [0, 0.1) is 6.92 Å². The molecule has 0 aliphatic heterocycles. The van der Waals surface area contributed by atoms with E-state index in [4.69, 9.17) is 4.74 Å². The van der Waals surface area contributed by atoms with E-state index in [0.717, 1.165) is 17.8 Å². The maximum absolute atomic E-state index is 11.9. The minimum Gasteiger partial charge on any atom is -0.383 e. The predicted molar refractivity (Wildman–Crippen MR) is 84.7 cm³/mol. The van der Waals surface area contributed by atoms with Crippen LogP contribution >= 0.6 is 0 Å². The smallest absolute Gasteiger partial charge is 0.319 e. The quantitative estimate of drug-likeness (QED) is 0.763. The van der Waals surface area contributed by atoms with Crippen molar-refractivity contribution in [1.82, 2.24) is 20.5 Å². The second-order valence-electron chi connectivity index (χ2n) is 4.98. The summed E-state index contributed by atoms with van der Waals surface area (Å²) >= 11 is 0. The van der Waals surface area contributed by atoms with Crippen molar-refractivity contribution in [2.75, 3.05) is 19.0 Å². The molecule has 118 valence electrons. The fourth-order valence-corrected chi connectivity index (χ4v) is 1.99. The molecule has 7 heteroatoms. The Hall–Kier alpha value is -2.41. The highest BCUT2D eigenvalue weighted by molar-refractivity contribution is 5.89. The van der Waals surface area contributed by atoms with Crippen LogP contribution in [0.15, 0.2) is 24.3 Å². The zero-order chi connectivity index (χ0) is 15.9. The van der Waals surface area contributed by atoms with Gasteiger partial charge in [-0.05, 0) is 37.6 Å². The number of ether oxygens (including phenoxy) is 1. The maximum atomic E-state index is 11.9. The van der Waals surface area contributed by atoms with Gasteiger partial charge in [-0.2, -0.15) is 5.10 Å². The van der Waals surface area contributed by atoms with Crippen molar-refractivity contribution in [2.24, 2.45) is 0 Å². The molecule has 1 atom stereocenters. The van der Waals surface area contributed by atoms with E-state index in [1.165, 1.54) is 0 Å². The summed E-state index contributed by atoms with van der Waals surface area (Å²) in [5, 5.41) is 12.6. The summed E-state index contributed by atoms with van der Waals surface area (Å²) in [6.45, 7) is 4.34. The molecule has 3 N–H and O–H groups in total. The molecule has 2 aromatic rings. The minimum atomic E-state index is -0.245. The Morgan fingerprint density at radius 1 is 1.36 bits per heavy atom. The first-order valence-electron chi connectivity index (χ1n) is 7.18. The number of H-pyrrole nitrogens is 1. The van der Waals surface area contributed by atoms with Crippen molar-refractivity contribution in [3.63, 3.8) is 0 Å². The van der Waals surface area contributed by atoms with Crippen LogP contribution in [0.1, 0.15) is 19.2 Å². The molecular formula is C15H21N5O2. The van der Waals surface area contributed by atoms with Crippen molar-refractivity contribution in [3.8, 4) is 11.4 Å². The Labute approximate surface area is 129 Å². The number of nitrogens with one attached hydrogen (secondary N) is 3. The van der Waals surface area contributed by atoms with Gasteiger partial charge < -0.3 is 15.4 Å². The van der Waals surface area contributed by atoms with Crippen molar-refractivity contribution in [2.45, 2.75) is 26.3 Å². The summed E-state index contributed by atoms with van der Waals surface area (Å²) in [5.74, 6) is 1.40. The molecule has 0 aliphatic carbocycles. The van der Waals surface area contributed by atoms with E-state index >= 15 is 0 Å². The lowest BCUT2D eigenvalue weighted by atomic mass is 10.2. The Bertz CT molecular complexity index is 609.